The number of carbonyl (C=O) groups excluding carboxylic acids is 1. The van der Waals surface area contributed by atoms with E-state index in [1.807, 2.05) is 30.3 Å². The summed E-state index contributed by atoms with van der Waals surface area (Å²) >= 11 is 1.17. The Labute approximate surface area is 147 Å². The van der Waals surface area contributed by atoms with E-state index in [-0.39, 0.29) is 23.3 Å². The van der Waals surface area contributed by atoms with Gasteiger partial charge in [-0.2, -0.15) is 4.98 Å². The average Bonchev–Trinajstić information content (AvgIpc) is 3.16. The number of nitrogens with one attached hydrogen (secondary N) is 1. The normalized spacial score (nSPS) is 11.4. The van der Waals surface area contributed by atoms with Gasteiger partial charge in [-0.3, -0.25) is 4.79 Å². The molecule has 3 rings (SSSR count). The first-order chi connectivity index (χ1) is 11.9. The molecule has 0 atom stereocenters. The Morgan fingerprint density at radius 1 is 1.20 bits per heavy atom. The van der Waals surface area contributed by atoms with Gasteiger partial charge in [-0.05, 0) is 0 Å². The molecule has 1 amide bonds. The third kappa shape index (κ3) is 4.70. The minimum Gasteiger partial charge on any atom is -0.338 e. The van der Waals surface area contributed by atoms with Gasteiger partial charge >= 0.3 is 0 Å². The molecule has 1 aromatic carbocycles. The number of hydrogen-bond donors (Lipinski definition) is 1. The molecule has 0 radical (unpaired) electrons. The highest BCUT2D eigenvalue weighted by Gasteiger charge is 2.20. The van der Waals surface area contributed by atoms with Gasteiger partial charge in [0.05, 0.1) is 11.4 Å². The minimum atomic E-state index is -3.54. The largest absolute Gasteiger partial charge is 0.338 e. The van der Waals surface area contributed by atoms with Gasteiger partial charge in [0.2, 0.25) is 17.6 Å². The zero-order valence-corrected chi connectivity index (χ0v) is 14.8. The standard InChI is InChI=1S/C15H14N4O4S2/c1-10(20)16-15-17-12(7-24-15)8-25(21,22)9-13-18-14(19-23-13)11-5-3-2-4-6-11/h2-7H,8-9H2,1H3,(H,16,17,20). The van der Waals surface area contributed by atoms with Crippen molar-refractivity contribution in [1.29, 1.82) is 0 Å². The molecule has 1 N–H and O–H groups in total. The molecular weight excluding hydrogens is 364 g/mol. The Hall–Kier alpha value is -2.59. The predicted molar refractivity (Wildman–Crippen MR) is 92.5 cm³/mol. The van der Waals surface area contributed by atoms with Crippen LogP contribution in [0.2, 0.25) is 0 Å². The lowest BCUT2D eigenvalue weighted by molar-refractivity contribution is -0.114. The van der Waals surface area contributed by atoms with Crippen LogP contribution >= 0.6 is 11.3 Å². The van der Waals surface area contributed by atoms with E-state index < -0.39 is 9.84 Å². The van der Waals surface area contributed by atoms with E-state index in [0.29, 0.717) is 16.6 Å². The third-order valence-electron chi connectivity index (χ3n) is 3.05. The van der Waals surface area contributed by atoms with Crippen LogP contribution in [-0.2, 0) is 26.1 Å². The van der Waals surface area contributed by atoms with Crippen LogP contribution in [0.4, 0.5) is 5.13 Å². The molecule has 0 saturated heterocycles. The van der Waals surface area contributed by atoms with Crippen LogP contribution in [0.3, 0.4) is 0 Å². The summed E-state index contributed by atoms with van der Waals surface area (Å²) in [4.78, 5) is 19.2. The second-order valence-electron chi connectivity index (χ2n) is 5.24. The summed E-state index contributed by atoms with van der Waals surface area (Å²) in [5, 5.41) is 8.27. The number of thiazole rings is 1. The zero-order chi connectivity index (χ0) is 17.9. The summed E-state index contributed by atoms with van der Waals surface area (Å²) in [7, 11) is -3.54. The number of amides is 1. The summed E-state index contributed by atoms with van der Waals surface area (Å²) < 4.78 is 29.6. The molecule has 0 bridgehead atoms. The molecule has 0 aliphatic heterocycles. The van der Waals surface area contributed by atoms with Gasteiger partial charge in [0.25, 0.3) is 0 Å². The second-order valence-corrected chi connectivity index (χ2v) is 8.16. The Kier molecular flexibility index (Phi) is 4.91. The molecule has 10 heteroatoms. The van der Waals surface area contributed by atoms with E-state index in [9.17, 15) is 13.2 Å². The highest BCUT2D eigenvalue weighted by atomic mass is 32.2. The Bertz CT molecular complexity index is 980. The first kappa shape index (κ1) is 17.2. The predicted octanol–water partition coefficient (Wildman–Crippen LogP) is 2.27. The summed E-state index contributed by atoms with van der Waals surface area (Å²) in [5.41, 5.74) is 1.10. The van der Waals surface area contributed by atoms with Crippen LogP contribution in [0.5, 0.6) is 0 Å². The van der Waals surface area contributed by atoms with Crippen LogP contribution in [0.25, 0.3) is 11.4 Å². The number of aromatic nitrogens is 3. The smallest absolute Gasteiger partial charge is 0.242 e. The molecule has 2 aromatic heterocycles. The van der Waals surface area contributed by atoms with Gasteiger partial charge in [-0.1, -0.05) is 35.5 Å². The molecule has 0 saturated carbocycles. The molecule has 130 valence electrons. The lowest BCUT2D eigenvalue weighted by Gasteiger charge is -1.98. The summed E-state index contributed by atoms with van der Waals surface area (Å²) in [6, 6.07) is 9.13. The van der Waals surface area contributed by atoms with Gasteiger partial charge in [0.15, 0.2) is 15.0 Å². The maximum atomic E-state index is 12.3. The first-order valence-corrected chi connectivity index (χ1v) is 9.92. The number of anilines is 1. The minimum absolute atomic E-state index is 0.0242. The monoisotopic (exact) mass is 378 g/mol. The van der Waals surface area contributed by atoms with Crippen molar-refractivity contribution < 1.29 is 17.7 Å². The maximum Gasteiger partial charge on any atom is 0.242 e. The van der Waals surface area contributed by atoms with Crippen molar-refractivity contribution in [3.05, 3.63) is 47.3 Å². The second kappa shape index (κ2) is 7.11. The van der Waals surface area contributed by atoms with Crippen molar-refractivity contribution in [2.75, 3.05) is 5.32 Å². The van der Waals surface area contributed by atoms with E-state index in [1.54, 1.807) is 5.38 Å². The quantitative estimate of drug-likeness (QED) is 0.699. The van der Waals surface area contributed by atoms with Crippen molar-refractivity contribution in [3.63, 3.8) is 0 Å². The molecule has 0 unspecified atom stereocenters. The molecular formula is C15H14N4O4S2. The highest BCUT2D eigenvalue weighted by Crippen LogP contribution is 2.20. The maximum absolute atomic E-state index is 12.3. The Morgan fingerprint density at radius 3 is 2.68 bits per heavy atom. The Balaban J connectivity index is 1.68. The van der Waals surface area contributed by atoms with E-state index in [0.717, 1.165) is 5.56 Å². The van der Waals surface area contributed by atoms with Crippen molar-refractivity contribution >= 4 is 32.2 Å². The summed E-state index contributed by atoms with van der Waals surface area (Å²) in [6.45, 7) is 1.36. The van der Waals surface area contributed by atoms with Crippen LogP contribution in [-0.4, -0.2) is 29.4 Å². The molecule has 0 aliphatic rings. The number of benzene rings is 1. The van der Waals surface area contributed by atoms with Gasteiger partial charge in [0, 0.05) is 17.9 Å². The lowest BCUT2D eigenvalue weighted by atomic mass is 10.2. The van der Waals surface area contributed by atoms with Crippen LogP contribution in [0.15, 0.2) is 40.2 Å². The third-order valence-corrected chi connectivity index (χ3v) is 5.27. The van der Waals surface area contributed by atoms with Crippen molar-refractivity contribution in [2.24, 2.45) is 0 Å². The van der Waals surface area contributed by atoms with Crippen LogP contribution in [0, 0.1) is 0 Å². The number of carbonyl (C=O) groups is 1. The van der Waals surface area contributed by atoms with Gasteiger partial charge in [-0.25, -0.2) is 13.4 Å². The molecule has 0 spiro atoms. The molecule has 3 aromatic rings. The number of hydrogen-bond acceptors (Lipinski definition) is 8. The van der Waals surface area contributed by atoms with Gasteiger partial charge < -0.3 is 9.84 Å². The lowest BCUT2D eigenvalue weighted by Crippen LogP contribution is -2.09. The fraction of sp³-hybridized carbons (Fsp3) is 0.200. The van der Waals surface area contributed by atoms with E-state index in [2.05, 4.69) is 20.4 Å². The SMILES string of the molecule is CC(=O)Nc1nc(CS(=O)(=O)Cc2nc(-c3ccccc3)no2)cs1. The number of nitrogens with zero attached hydrogens (tertiary/aromatic N) is 3. The zero-order valence-electron chi connectivity index (χ0n) is 13.2. The van der Waals surface area contributed by atoms with Crippen LogP contribution < -0.4 is 5.32 Å². The van der Waals surface area contributed by atoms with Crippen LogP contribution in [0.1, 0.15) is 18.5 Å². The topological polar surface area (TPSA) is 115 Å². The van der Waals surface area contributed by atoms with E-state index in [1.165, 1.54) is 18.3 Å². The number of sulfone groups is 1. The van der Waals surface area contributed by atoms with E-state index >= 15 is 0 Å². The number of rotatable bonds is 6. The van der Waals surface area contributed by atoms with Crippen molar-refractivity contribution in [2.45, 2.75) is 18.4 Å². The average molecular weight is 378 g/mol. The Morgan fingerprint density at radius 2 is 1.96 bits per heavy atom. The summed E-state index contributed by atoms with van der Waals surface area (Å²) in [5.74, 6) is -0.544. The highest BCUT2D eigenvalue weighted by molar-refractivity contribution is 7.89. The van der Waals surface area contributed by atoms with Crippen molar-refractivity contribution in [1.82, 2.24) is 15.1 Å². The van der Waals surface area contributed by atoms with Gasteiger partial charge in [0.1, 0.15) is 5.75 Å². The fourth-order valence-electron chi connectivity index (χ4n) is 2.06. The van der Waals surface area contributed by atoms with E-state index in [4.69, 9.17) is 4.52 Å². The first-order valence-electron chi connectivity index (χ1n) is 7.22. The molecule has 2 heterocycles. The molecule has 8 nitrogen and oxygen atoms in total. The molecule has 0 fully saturated rings. The van der Waals surface area contributed by atoms with Gasteiger partial charge in [-0.15, -0.1) is 11.3 Å². The summed E-state index contributed by atoms with van der Waals surface area (Å²) in [6.07, 6.45) is 0. The molecule has 25 heavy (non-hydrogen) atoms. The fourth-order valence-corrected chi connectivity index (χ4v) is 4.12. The van der Waals surface area contributed by atoms with Crippen molar-refractivity contribution in [3.8, 4) is 11.4 Å². The molecule has 0 aliphatic carbocycles.